The van der Waals surface area contributed by atoms with Crippen molar-refractivity contribution in [3.63, 3.8) is 0 Å². The van der Waals surface area contributed by atoms with Gasteiger partial charge < -0.3 is 5.73 Å². The Bertz CT molecular complexity index is 278. The standard InChI is InChI=1S/C8H11NOS/c1-5-4-11-8(6(5)2)7(10)3-9/h4H,3,9H2,1-2H3. The predicted molar refractivity (Wildman–Crippen MR) is 47.2 cm³/mol. The van der Waals surface area contributed by atoms with Crippen molar-refractivity contribution < 1.29 is 4.79 Å². The van der Waals surface area contributed by atoms with Crippen molar-refractivity contribution in [3.05, 3.63) is 21.4 Å². The highest BCUT2D eigenvalue weighted by molar-refractivity contribution is 7.12. The highest BCUT2D eigenvalue weighted by Gasteiger charge is 2.10. The Labute approximate surface area is 70.0 Å². The van der Waals surface area contributed by atoms with Crippen LogP contribution in [0, 0.1) is 13.8 Å². The lowest BCUT2D eigenvalue weighted by Gasteiger charge is -1.94. The van der Waals surface area contributed by atoms with Crippen LogP contribution in [-0.2, 0) is 0 Å². The van der Waals surface area contributed by atoms with Crippen molar-refractivity contribution in [1.29, 1.82) is 0 Å². The summed E-state index contributed by atoms with van der Waals surface area (Å²) in [5.41, 5.74) is 7.49. The van der Waals surface area contributed by atoms with E-state index in [4.69, 9.17) is 5.73 Å². The molecule has 0 atom stereocenters. The summed E-state index contributed by atoms with van der Waals surface area (Å²) < 4.78 is 0. The van der Waals surface area contributed by atoms with E-state index in [1.807, 2.05) is 19.2 Å². The Balaban J connectivity index is 3.04. The first-order chi connectivity index (χ1) is 5.16. The van der Waals surface area contributed by atoms with Gasteiger partial charge in [0.05, 0.1) is 11.4 Å². The molecule has 0 saturated carbocycles. The third-order valence-corrected chi connectivity index (χ3v) is 2.97. The second-order valence-corrected chi connectivity index (χ2v) is 3.38. The van der Waals surface area contributed by atoms with Gasteiger partial charge in [0.2, 0.25) is 0 Å². The zero-order valence-corrected chi connectivity index (χ0v) is 7.49. The quantitative estimate of drug-likeness (QED) is 0.682. The summed E-state index contributed by atoms with van der Waals surface area (Å²) in [4.78, 5) is 11.9. The number of hydrogen-bond donors (Lipinski definition) is 1. The number of ketones is 1. The van der Waals surface area contributed by atoms with Crippen LogP contribution in [0.2, 0.25) is 0 Å². The van der Waals surface area contributed by atoms with Crippen molar-refractivity contribution in [2.45, 2.75) is 13.8 Å². The minimum atomic E-state index is 0.0422. The van der Waals surface area contributed by atoms with Crippen LogP contribution in [0.4, 0.5) is 0 Å². The Morgan fingerprint density at radius 2 is 2.27 bits per heavy atom. The summed E-state index contributed by atoms with van der Waals surface area (Å²) in [6.45, 7) is 4.06. The molecular formula is C8H11NOS. The number of hydrogen-bond acceptors (Lipinski definition) is 3. The molecule has 0 radical (unpaired) electrons. The number of nitrogens with two attached hydrogens (primary N) is 1. The van der Waals surface area contributed by atoms with Crippen LogP contribution in [0.15, 0.2) is 5.38 Å². The highest BCUT2D eigenvalue weighted by Crippen LogP contribution is 2.20. The van der Waals surface area contributed by atoms with Gasteiger partial charge in [0.15, 0.2) is 5.78 Å². The largest absolute Gasteiger partial charge is 0.324 e. The van der Waals surface area contributed by atoms with E-state index in [9.17, 15) is 4.79 Å². The summed E-state index contributed by atoms with van der Waals surface area (Å²) in [6, 6.07) is 0. The maximum atomic E-state index is 11.1. The molecule has 11 heavy (non-hydrogen) atoms. The van der Waals surface area contributed by atoms with Crippen molar-refractivity contribution in [1.82, 2.24) is 0 Å². The highest BCUT2D eigenvalue weighted by atomic mass is 32.1. The minimum absolute atomic E-state index is 0.0422. The van der Waals surface area contributed by atoms with Crippen LogP contribution in [0.25, 0.3) is 0 Å². The van der Waals surface area contributed by atoms with Gasteiger partial charge in [-0.3, -0.25) is 4.79 Å². The van der Waals surface area contributed by atoms with E-state index in [0.717, 1.165) is 10.4 Å². The monoisotopic (exact) mass is 169 g/mol. The Hall–Kier alpha value is -0.670. The first-order valence-corrected chi connectivity index (χ1v) is 4.32. The number of rotatable bonds is 2. The van der Waals surface area contributed by atoms with Gasteiger partial charge in [-0.2, -0.15) is 0 Å². The Morgan fingerprint density at radius 3 is 2.64 bits per heavy atom. The molecule has 0 aromatic carbocycles. The molecule has 1 aromatic heterocycles. The molecule has 0 aliphatic carbocycles. The van der Waals surface area contributed by atoms with E-state index in [0.29, 0.717) is 0 Å². The number of Topliss-reactive ketones (excluding diaryl/α,β-unsaturated/α-hetero) is 1. The molecule has 2 N–H and O–H groups in total. The predicted octanol–water partition coefficient (Wildman–Crippen LogP) is 1.51. The molecule has 0 fully saturated rings. The van der Waals surface area contributed by atoms with E-state index in [2.05, 4.69) is 0 Å². The van der Waals surface area contributed by atoms with Crippen molar-refractivity contribution in [2.75, 3.05) is 6.54 Å². The lowest BCUT2D eigenvalue weighted by atomic mass is 10.1. The molecule has 0 unspecified atom stereocenters. The third kappa shape index (κ3) is 1.49. The fourth-order valence-corrected chi connectivity index (χ4v) is 1.89. The van der Waals surface area contributed by atoms with E-state index in [1.54, 1.807) is 0 Å². The van der Waals surface area contributed by atoms with E-state index >= 15 is 0 Å². The maximum Gasteiger partial charge on any atom is 0.186 e. The average Bonchev–Trinajstić information content (AvgIpc) is 2.32. The normalized spacial score (nSPS) is 10.1. The number of carbonyl (C=O) groups excluding carboxylic acids is 1. The van der Waals surface area contributed by atoms with E-state index in [1.165, 1.54) is 16.9 Å². The Kier molecular flexibility index (Phi) is 2.42. The zero-order chi connectivity index (χ0) is 8.43. The molecule has 1 rings (SSSR count). The fourth-order valence-electron chi connectivity index (χ4n) is 0.871. The van der Waals surface area contributed by atoms with Crippen LogP contribution in [0.5, 0.6) is 0 Å². The van der Waals surface area contributed by atoms with Gasteiger partial charge in [-0.15, -0.1) is 11.3 Å². The molecule has 1 aromatic rings. The number of thiophene rings is 1. The first kappa shape index (κ1) is 8.43. The van der Waals surface area contributed by atoms with Crippen LogP contribution < -0.4 is 5.73 Å². The van der Waals surface area contributed by atoms with Gasteiger partial charge in [-0.05, 0) is 30.4 Å². The van der Waals surface area contributed by atoms with E-state index < -0.39 is 0 Å². The van der Waals surface area contributed by atoms with Gasteiger partial charge in [0, 0.05) is 0 Å². The van der Waals surface area contributed by atoms with Crippen molar-refractivity contribution in [2.24, 2.45) is 5.73 Å². The van der Waals surface area contributed by atoms with Crippen molar-refractivity contribution in [3.8, 4) is 0 Å². The molecule has 0 saturated heterocycles. The molecule has 60 valence electrons. The lowest BCUT2D eigenvalue weighted by molar-refractivity contribution is 0.100. The SMILES string of the molecule is Cc1csc(C(=O)CN)c1C. The summed E-state index contributed by atoms with van der Waals surface area (Å²) in [7, 11) is 0. The van der Waals surface area contributed by atoms with Crippen LogP contribution in [-0.4, -0.2) is 12.3 Å². The lowest BCUT2D eigenvalue weighted by Crippen LogP contribution is -2.12. The molecule has 0 spiro atoms. The van der Waals surface area contributed by atoms with Crippen LogP contribution in [0.3, 0.4) is 0 Å². The van der Waals surface area contributed by atoms with Gasteiger partial charge in [-0.25, -0.2) is 0 Å². The minimum Gasteiger partial charge on any atom is -0.324 e. The summed E-state index contributed by atoms with van der Waals surface area (Å²) >= 11 is 1.48. The molecule has 3 heteroatoms. The number of carbonyl (C=O) groups is 1. The van der Waals surface area contributed by atoms with Crippen LogP contribution in [0.1, 0.15) is 20.8 Å². The smallest absolute Gasteiger partial charge is 0.186 e. The summed E-state index contributed by atoms with van der Waals surface area (Å²) in [5, 5.41) is 1.98. The Morgan fingerprint density at radius 1 is 1.64 bits per heavy atom. The fraction of sp³-hybridized carbons (Fsp3) is 0.375. The molecule has 0 aliphatic heterocycles. The van der Waals surface area contributed by atoms with Crippen LogP contribution >= 0.6 is 11.3 Å². The second kappa shape index (κ2) is 3.15. The molecule has 0 amide bonds. The molecule has 0 aliphatic rings. The van der Waals surface area contributed by atoms with Gasteiger partial charge >= 0.3 is 0 Å². The van der Waals surface area contributed by atoms with Gasteiger partial charge in [0.25, 0.3) is 0 Å². The number of aryl methyl sites for hydroxylation is 1. The molecule has 2 nitrogen and oxygen atoms in total. The summed E-state index contributed by atoms with van der Waals surface area (Å²) in [6.07, 6.45) is 0. The average molecular weight is 169 g/mol. The van der Waals surface area contributed by atoms with Gasteiger partial charge in [-0.1, -0.05) is 0 Å². The topological polar surface area (TPSA) is 43.1 Å². The summed E-state index contributed by atoms with van der Waals surface area (Å²) in [5.74, 6) is 0.0422. The zero-order valence-electron chi connectivity index (χ0n) is 6.68. The third-order valence-electron chi connectivity index (χ3n) is 1.72. The molecule has 0 bridgehead atoms. The molecule has 1 heterocycles. The van der Waals surface area contributed by atoms with Crippen molar-refractivity contribution >= 4 is 17.1 Å². The maximum absolute atomic E-state index is 11.1. The van der Waals surface area contributed by atoms with E-state index in [-0.39, 0.29) is 12.3 Å². The first-order valence-electron chi connectivity index (χ1n) is 3.44. The molecular weight excluding hydrogens is 158 g/mol. The second-order valence-electron chi connectivity index (χ2n) is 2.50. The van der Waals surface area contributed by atoms with Gasteiger partial charge in [0.1, 0.15) is 0 Å².